The van der Waals surface area contributed by atoms with Crippen LogP contribution < -0.4 is 5.32 Å². The summed E-state index contributed by atoms with van der Waals surface area (Å²) in [7, 11) is 0. The minimum Gasteiger partial charge on any atom is -0.314 e. The van der Waals surface area contributed by atoms with Crippen molar-refractivity contribution in [1.82, 2.24) is 10.3 Å². The van der Waals surface area contributed by atoms with Crippen LogP contribution in [0.4, 0.5) is 0 Å². The molecular weight excluding hydrogens is 264 g/mol. The second-order valence-electron chi connectivity index (χ2n) is 4.63. The molecule has 0 amide bonds. The summed E-state index contributed by atoms with van der Waals surface area (Å²) in [6.07, 6.45) is 6.93. The van der Waals surface area contributed by atoms with Crippen molar-refractivity contribution < 1.29 is 0 Å². The van der Waals surface area contributed by atoms with Crippen LogP contribution in [0.15, 0.2) is 22.8 Å². The average Bonchev–Trinajstić information content (AvgIpc) is 3.11. The Labute approximate surface area is 106 Å². The van der Waals surface area contributed by atoms with Crippen LogP contribution in [0, 0.1) is 5.92 Å². The van der Waals surface area contributed by atoms with Crippen molar-refractivity contribution in [3.8, 4) is 0 Å². The van der Waals surface area contributed by atoms with Crippen LogP contribution in [0.2, 0.25) is 0 Å². The lowest BCUT2D eigenvalue weighted by atomic mass is 10.00. The van der Waals surface area contributed by atoms with Gasteiger partial charge < -0.3 is 5.32 Å². The summed E-state index contributed by atoms with van der Waals surface area (Å²) in [6.45, 7) is 3.40. The van der Waals surface area contributed by atoms with Gasteiger partial charge in [-0.15, -0.1) is 0 Å². The van der Waals surface area contributed by atoms with Gasteiger partial charge in [0.2, 0.25) is 0 Å². The number of hydrogen-bond acceptors (Lipinski definition) is 2. The van der Waals surface area contributed by atoms with Crippen molar-refractivity contribution in [3.05, 3.63) is 28.5 Å². The highest BCUT2D eigenvalue weighted by Gasteiger charge is 2.21. The molecule has 1 fully saturated rings. The second kappa shape index (κ2) is 5.78. The first kappa shape index (κ1) is 12.1. The summed E-state index contributed by atoms with van der Waals surface area (Å²) >= 11 is 3.41. The van der Waals surface area contributed by atoms with Crippen molar-refractivity contribution in [3.63, 3.8) is 0 Å². The van der Waals surface area contributed by atoms with Gasteiger partial charge in [-0.25, -0.2) is 0 Å². The second-order valence-corrected chi connectivity index (χ2v) is 5.54. The predicted molar refractivity (Wildman–Crippen MR) is 70.4 cm³/mol. The molecular formula is C13H19BrN2. The highest BCUT2D eigenvalue weighted by atomic mass is 79.9. The van der Waals surface area contributed by atoms with Crippen LogP contribution in [-0.4, -0.2) is 17.6 Å². The zero-order chi connectivity index (χ0) is 11.4. The number of halogens is 1. The molecule has 1 heterocycles. The van der Waals surface area contributed by atoms with Crippen molar-refractivity contribution in [2.24, 2.45) is 5.92 Å². The lowest BCUT2D eigenvalue weighted by Gasteiger charge is -2.15. The van der Waals surface area contributed by atoms with Gasteiger partial charge in [0, 0.05) is 22.4 Å². The Morgan fingerprint density at radius 2 is 2.31 bits per heavy atom. The number of hydrogen-bond donors (Lipinski definition) is 1. The molecule has 2 rings (SSSR count). The number of rotatable bonds is 6. The predicted octanol–water partition coefficient (Wildman–Crippen LogP) is 3.16. The van der Waals surface area contributed by atoms with Gasteiger partial charge in [0.25, 0.3) is 0 Å². The van der Waals surface area contributed by atoms with E-state index in [4.69, 9.17) is 0 Å². The van der Waals surface area contributed by atoms with E-state index in [1.807, 2.05) is 6.20 Å². The molecule has 1 aliphatic carbocycles. The average molecular weight is 283 g/mol. The monoisotopic (exact) mass is 282 g/mol. The molecule has 0 aromatic carbocycles. The highest BCUT2D eigenvalue weighted by Crippen LogP contribution is 2.20. The Balaban J connectivity index is 1.82. The Bertz CT molecular complexity index is 319. The molecule has 1 unspecified atom stereocenters. The van der Waals surface area contributed by atoms with Crippen LogP contribution in [0.25, 0.3) is 0 Å². The first-order valence-corrected chi connectivity index (χ1v) is 6.91. The molecule has 1 aromatic rings. The van der Waals surface area contributed by atoms with Gasteiger partial charge in [-0.2, -0.15) is 0 Å². The molecule has 0 aliphatic heterocycles. The van der Waals surface area contributed by atoms with E-state index in [2.05, 4.69) is 45.3 Å². The fourth-order valence-corrected chi connectivity index (χ4v) is 2.04. The van der Waals surface area contributed by atoms with E-state index in [9.17, 15) is 0 Å². The molecule has 88 valence electrons. The van der Waals surface area contributed by atoms with Crippen LogP contribution in [0.5, 0.6) is 0 Å². The van der Waals surface area contributed by atoms with E-state index in [0.29, 0.717) is 5.92 Å². The van der Waals surface area contributed by atoms with Gasteiger partial charge in [0.15, 0.2) is 0 Å². The molecule has 1 atom stereocenters. The van der Waals surface area contributed by atoms with Crippen molar-refractivity contribution in [2.75, 3.05) is 6.54 Å². The van der Waals surface area contributed by atoms with E-state index in [0.717, 1.165) is 23.5 Å². The van der Waals surface area contributed by atoms with Gasteiger partial charge in [0.1, 0.15) is 0 Å². The van der Waals surface area contributed by atoms with Crippen LogP contribution in [0.1, 0.15) is 31.9 Å². The maximum Gasteiger partial charge on any atom is 0.0413 e. The fraction of sp³-hybridized carbons (Fsp3) is 0.615. The van der Waals surface area contributed by atoms with Gasteiger partial charge in [-0.3, -0.25) is 4.98 Å². The zero-order valence-corrected chi connectivity index (χ0v) is 11.3. The zero-order valence-electron chi connectivity index (χ0n) is 9.75. The van der Waals surface area contributed by atoms with Crippen molar-refractivity contribution in [1.29, 1.82) is 0 Å². The lowest BCUT2D eigenvalue weighted by molar-refractivity contribution is 0.454. The van der Waals surface area contributed by atoms with E-state index in [-0.39, 0.29) is 0 Å². The number of nitrogens with zero attached hydrogens (tertiary/aromatic N) is 1. The van der Waals surface area contributed by atoms with Crippen LogP contribution in [0.3, 0.4) is 0 Å². The molecule has 1 N–H and O–H groups in total. The molecule has 2 nitrogen and oxygen atoms in total. The third-order valence-electron chi connectivity index (χ3n) is 3.14. The molecule has 16 heavy (non-hydrogen) atoms. The van der Waals surface area contributed by atoms with Gasteiger partial charge in [-0.1, -0.05) is 13.3 Å². The minimum absolute atomic E-state index is 0.717. The standard InChI is InChI=1S/C13H19BrN2/c1-2-10(8-15-12-5-6-12)7-13-4-3-11(14)9-16-13/h3-4,9-10,12,15H,2,5-8H2,1H3. The first-order valence-electron chi connectivity index (χ1n) is 6.11. The Kier molecular flexibility index (Phi) is 4.36. The fourth-order valence-electron chi connectivity index (χ4n) is 1.80. The van der Waals surface area contributed by atoms with Gasteiger partial charge in [-0.05, 0) is 59.8 Å². The molecule has 3 heteroatoms. The highest BCUT2D eigenvalue weighted by molar-refractivity contribution is 9.10. The molecule has 1 saturated carbocycles. The van der Waals surface area contributed by atoms with Gasteiger partial charge >= 0.3 is 0 Å². The molecule has 0 spiro atoms. The number of pyridine rings is 1. The summed E-state index contributed by atoms with van der Waals surface area (Å²) in [6, 6.07) is 5.00. The quantitative estimate of drug-likeness (QED) is 0.867. The summed E-state index contributed by atoms with van der Waals surface area (Å²) < 4.78 is 1.06. The summed E-state index contributed by atoms with van der Waals surface area (Å²) in [4.78, 5) is 4.43. The maximum absolute atomic E-state index is 4.43. The van der Waals surface area contributed by atoms with Crippen molar-refractivity contribution >= 4 is 15.9 Å². The number of aromatic nitrogens is 1. The van der Waals surface area contributed by atoms with E-state index in [1.165, 1.54) is 25.0 Å². The molecule has 0 saturated heterocycles. The Morgan fingerprint density at radius 1 is 1.50 bits per heavy atom. The lowest BCUT2D eigenvalue weighted by Crippen LogP contribution is -2.25. The minimum atomic E-state index is 0.717. The SMILES string of the molecule is CCC(CNC1CC1)Cc1ccc(Br)cn1. The Morgan fingerprint density at radius 3 is 2.88 bits per heavy atom. The van der Waals surface area contributed by atoms with E-state index >= 15 is 0 Å². The van der Waals surface area contributed by atoms with Crippen LogP contribution >= 0.6 is 15.9 Å². The summed E-state index contributed by atoms with van der Waals surface area (Å²) in [5.74, 6) is 0.717. The van der Waals surface area contributed by atoms with Crippen molar-refractivity contribution in [2.45, 2.75) is 38.6 Å². The normalized spacial score (nSPS) is 17.4. The largest absolute Gasteiger partial charge is 0.314 e. The van der Waals surface area contributed by atoms with E-state index < -0.39 is 0 Å². The molecule has 0 bridgehead atoms. The third-order valence-corrected chi connectivity index (χ3v) is 3.61. The first-order chi connectivity index (χ1) is 7.78. The maximum atomic E-state index is 4.43. The van der Waals surface area contributed by atoms with Crippen LogP contribution in [-0.2, 0) is 6.42 Å². The molecule has 0 radical (unpaired) electrons. The smallest absolute Gasteiger partial charge is 0.0413 e. The molecule has 1 aliphatic rings. The summed E-state index contributed by atoms with van der Waals surface area (Å²) in [5, 5.41) is 3.60. The summed E-state index contributed by atoms with van der Waals surface area (Å²) in [5.41, 5.74) is 1.20. The van der Waals surface area contributed by atoms with Gasteiger partial charge in [0.05, 0.1) is 0 Å². The Hall–Kier alpha value is -0.410. The van der Waals surface area contributed by atoms with E-state index in [1.54, 1.807) is 0 Å². The molecule has 1 aromatic heterocycles. The topological polar surface area (TPSA) is 24.9 Å². The third kappa shape index (κ3) is 3.87. The number of nitrogens with one attached hydrogen (secondary N) is 1.